The average molecular weight is 382 g/mol. The lowest BCUT2D eigenvalue weighted by Gasteiger charge is -2.11. The van der Waals surface area contributed by atoms with Gasteiger partial charge >= 0.3 is 0 Å². The fraction of sp³-hybridized carbons (Fsp3) is 0.158. The maximum Gasteiger partial charge on any atom is 0.277 e. The minimum absolute atomic E-state index is 0.109. The Bertz CT molecular complexity index is 1230. The largest absolute Gasteiger partial charge is 0.350 e. The standard InChI is InChI=1S/C19H16ClN5O2/c1-12-8-16-19(27)24(15-6-3-7-21-18(15)25(16)23-12)11-17(26)22-10-13-4-2-5-14(20)9-13/h2-9H,10-11H2,1H3,(H,22,26). The summed E-state index contributed by atoms with van der Waals surface area (Å²) >= 11 is 5.96. The molecule has 0 aliphatic carbocycles. The van der Waals surface area contributed by atoms with Gasteiger partial charge in [-0.05, 0) is 42.8 Å². The molecule has 0 saturated heterocycles. The van der Waals surface area contributed by atoms with Gasteiger partial charge in [0, 0.05) is 17.8 Å². The van der Waals surface area contributed by atoms with E-state index in [1.54, 1.807) is 36.5 Å². The Labute approximate surface area is 159 Å². The molecule has 0 radical (unpaired) electrons. The van der Waals surface area contributed by atoms with Crippen molar-refractivity contribution in [1.29, 1.82) is 0 Å². The summed E-state index contributed by atoms with van der Waals surface area (Å²) in [7, 11) is 0. The van der Waals surface area contributed by atoms with Crippen molar-refractivity contribution in [2.45, 2.75) is 20.0 Å². The number of benzene rings is 1. The number of nitrogens with one attached hydrogen (secondary N) is 1. The summed E-state index contributed by atoms with van der Waals surface area (Å²) in [6, 6.07) is 12.4. The Balaban J connectivity index is 1.67. The highest BCUT2D eigenvalue weighted by Gasteiger charge is 2.15. The molecule has 0 unspecified atom stereocenters. The molecule has 3 aromatic heterocycles. The molecule has 3 heterocycles. The van der Waals surface area contributed by atoms with Gasteiger partial charge in [0.1, 0.15) is 12.1 Å². The third-order valence-corrected chi connectivity index (χ3v) is 4.47. The van der Waals surface area contributed by atoms with Crippen LogP contribution in [0.4, 0.5) is 0 Å². The van der Waals surface area contributed by atoms with E-state index in [4.69, 9.17) is 11.6 Å². The molecule has 7 nitrogen and oxygen atoms in total. The molecule has 1 amide bonds. The second-order valence-electron chi connectivity index (χ2n) is 6.23. The van der Waals surface area contributed by atoms with Crippen molar-refractivity contribution in [3.8, 4) is 0 Å². The lowest BCUT2D eigenvalue weighted by atomic mass is 10.2. The van der Waals surface area contributed by atoms with Gasteiger partial charge in [0.15, 0.2) is 5.65 Å². The minimum atomic E-state index is -0.283. The Morgan fingerprint density at radius 3 is 2.85 bits per heavy atom. The zero-order chi connectivity index (χ0) is 19.0. The second-order valence-corrected chi connectivity index (χ2v) is 6.66. The number of halogens is 1. The molecule has 0 bridgehead atoms. The van der Waals surface area contributed by atoms with Crippen LogP contribution < -0.4 is 10.9 Å². The SMILES string of the molecule is Cc1cc2c(=O)n(CC(=O)NCc3cccc(Cl)c3)c3cccnc3n2n1. The first kappa shape index (κ1) is 17.2. The molecule has 0 saturated carbocycles. The number of aryl methyl sites for hydroxylation is 1. The van der Waals surface area contributed by atoms with E-state index in [9.17, 15) is 9.59 Å². The fourth-order valence-corrected chi connectivity index (χ4v) is 3.24. The number of nitrogens with zero attached hydrogens (tertiary/aromatic N) is 4. The number of hydrogen-bond donors (Lipinski definition) is 1. The van der Waals surface area contributed by atoms with Crippen molar-refractivity contribution in [3.63, 3.8) is 0 Å². The van der Waals surface area contributed by atoms with Gasteiger partial charge in [-0.25, -0.2) is 9.50 Å². The number of hydrogen-bond acceptors (Lipinski definition) is 4. The third-order valence-electron chi connectivity index (χ3n) is 4.23. The molecular weight excluding hydrogens is 366 g/mol. The Hall–Kier alpha value is -3.19. The number of pyridine rings is 1. The number of amides is 1. The maximum atomic E-state index is 12.9. The summed E-state index contributed by atoms with van der Waals surface area (Å²) in [4.78, 5) is 29.7. The van der Waals surface area contributed by atoms with Crippen molar-refractivity contribution in [2.75, 3.05) is 0 Å². The van der Waals surface area contributed by atoms with Gasteiger partial charge in [-0.15, -0.1) is 0 Å². The van der Waals surface area contributed by atoms with Gasteiger partial charge in [-0.1, -0.05) is 23.7 Å². The van der Waals surface area contributed by atoms with Crippen molar-refractivity contribution >= 4 is 34.2 Å². The summed E-state index contributed by atoms with van der Waals surface area (Å²) in [6.45, 7) is 2.03. The molecule has 1 N–H and O–H groups in total. The van der Waals surface area contributed by atoms with Crippen molar-refractivity contribution in [2.24, 2.45) is 0 Å². The molecular formula is C19H16ClN5O2. The van der Waals surface area contributed by atoms with E-state index in [0.717, 1.165) is 5.56 Å². The zero-order valence-electron chi connectivity index (χ0n) is 14.5. The van der Waals surface area contributed by atoms with E-state index in [1.807, 2.05) is 19.1 Å². The summed E-state index contributed by atoms with van der Waals surface area (Å²) in [6.07, 6.45) is 1.63. The first-order valence-electron chi connectivity index (χ1n) is 8.38. The topological polar surface area (TPSA) is 81.3 Å². The molecule has 0 aliphatic heterocycles. The predicted octanol–water partition coefficient (Wildman–Crippen LogP) is 2.32. The lowest BCUT2D eigenvalue weighted by molar-refractivity contribution is -0.121. The van der Waals surface area contributed by atoms with Crippen LogP contribution in [0.15, 0.2) is 53.5 Å². The summed E-state index contributed by atoms with van der Waals surface area (Å²) in [5, 5.41) is 7.76. The van der Waals surface area contributed by atoms with E-state index in [-0.39, 0.29) is 18.0 Å². The molecule has 136 valence electrons. The monoisotopic (exact) mass is 381 g/mol. The highest BCUT2D eigenvalue weighted by atomic mass is 35.5. The number of rotatable bonds is 4. The third kappa shape index (κ3) is 3.29. The quantitative estimate of drug-likeness (QED) is 0.588. The Morgan fingerprint density at radius 2 is 2.04 bits per heavy atom. The molecule has 4 rings (SSSR count). The predicted molar refractivity (Wildman–Crippen MR) is 103 cm³/mol. The van der Waals surface area contributed by atoms with Gasteiger partial charge in [-0.2, -0.15) is 5.10 Å². The van der Waals surface area contributed by atoms with Crippen molar-refractivity contribution in [1.82, 2.24) is 24.5 Å². The van der Waals surface area contributed by atoms with Crippen LogP contribution in [0, 0.1) is 6.92 Å². The minimum Gasteiger partial charge on any atom is -0.350 e. The summed E-state index contributed by atoms with van der Waals surface area (Å²) in [5.74, 6) is -0.275. The maximum absolute atomic E-state index is 12.9. The lowest BCUT2D eigenvalue weighted by Crippen LogP contribution is -2.33. The molecule has 0 aliphatic rings. The molecule has 0 atom stereocenters. The van der Waals surface area contributed by atoms with Gasteiger partial charge in [0.2, 0.25) is 5.91 Å². The number of aromatic nitrogens is 4. The van der Waals surface area contributed by atoms with Crippen LogP contribution in [0.25, 0.3) is 16.7 Å². The van der Waals surface area contributed by atoms with Crippen LogP contribution in [0.2, 0.25) is 5.02 Å². The van der Waals surface area contributed by atoms with Crippen molar-refractivity contribution < 1.29 is 4.79 Å². The van der Waals surface area contributed by atoms with Gasteiger partial charge in [-0.3, -0.25) is 14.2 Å². The van der Waals surface area contributed by atoms with Crippen LogP contribution in [0.3, 0.4) is 0 Å². The molecule has 8 heteroatoms. The molecule has 0 spiro atoms. The van der Waals surface area contributed by atoms with Gasteiger partial charge < -0.3 is 5.32 Å². The fourth-order valence-electron chi connectivity index (χ4n) is 3.03. The molecule has 27 heavy (non-hydrogen) atoms. The van der Waals surface area contributed by atoms with Crippen molar-refractivity contribution in [3.05, 3.63) is 75.3 Å². The van der Waals surface area contributed by atoms with E-state index >= 15 is 0 Å². The average Bonchev–Trinajstić information content (AvgIpc) is 3.06. The van der Waals surface area contributed by atoms with Crippen LogP contribution in [-0.4, -0.2) is 25.1 Å². The molecule has 1 aromatic carbocycles. The van der Waals surface area contributed by atoms with Crippen LogP contribution in [0.1, 0.15) is 11.3 Å². The number of carbonyl (C=O) groups is 1. The zero-order valence-corrected chi connectivity index (χ0v) is 15.3. The van der Waals surface area contributed by atoms with Crippen LogP contribution >= 0.6 is 11.6 Å². The normalized spacial score (nSPS) is 11.2. The van der Waals surface area contributed by atoms with Gasteiger partial charge in [0.05, 0.1) is 11.2 Å². The highest BCUT2D eigenvalue weighted by molar-refractivity contribution is 6.30. The van der Waals surface area contributed by atoms with Crippen LogP contribution in [-0.2, 0) is 17.9 Å². The smallest absolute Gasteiger partial charge is 0.277 e. The number of fused-ring (bicyclic) bond motifs is 3. The van der Waals surface area contributed by atoms with E-state index < -0.39 is 0 Å². The van der Waals surface area contributed by atoms with E-state index in [1.165, 1.54) is 9.08 Å². The Kier molecular flexibility index (Phi) is 4.37. The van der Waals surface area contributed by atoms with E-state index in [2.05, 4.69) is 15.4 Å². The first-order chi connectivity index (χ1) is 13.0. The second kappa shape index (κ2) is 6.85. The van der Waals surface area contributed by atoms with Gasteiger partial charge in [0.25, 0.3) is 5.56 Å². The first-order valence-corrected chi connectivity index (χ1v) is 8.76. The summed E-state index contributed by atoms with van der Waals surface area (Å²) < 4.78 is 2.94. The number of carbonyl (C=O) groups excluding carboxylic acids is 1. The Morgan fingerprint density at radius 1 is 1.19 bits per heavy atom. The van der Waals surface area contributed by atoms with Crippen LogP contribution in [0.5, 0.6) is 0 Å². The molecule has 0 fully saturated rings. The highest BCUT2D eigenvalue weighted by Crippen LogP contribution is 2.13. The van der Waals surface area contributed by atoms with E-state index in [0.29, 0.717) is 33.9 Å². The molecule has 4 aromatic rings. The summed E-state index contributed by atoms with van der Waals surface area (Å²) in [5.41, 5.74) is 2.79.